The molecule has 4 N–H and O–H groups in total. The first-order chi connectivity index (χ1) is 10.8. The summed E-state index contributed by atoms with van der Waals surface area (Å²) < 4.78 is 0. The molecule has 0 saturated carbocycles. The molecule has 7 heteroatoms. The summed E-state index contributed by atoms with van der Waals surface area (Å²) in [5.41, 5.74) is -0.478. The topological polar surface area (TPSA) is 116 Å². The van der Waals surface area contributed by atoms with Gasteiger partial charge < -0.3 is 20.8 Å². The molecule has 1 aromatic carbocycles. The molecule has 2 amide bonds. The average Bonchev–Trinajstić information content (AvgIpc) is 2.54. The summed E-state index contributed by atoms with van der Waals surface area (Å²) in [7, 11) is 0. The van der Waals surface area contributed by atoms with Crippen LogP contribution in [0.1, 0.15) is 20.3 Å². The Morgan fingerprint density at radius 2 is 1.78 bits per heavy atom. The molecule has 0 aromatic heterocycles. The van der Waals surface area contributed by atoms with E-state index in [4.69, 9.17) is 5.11 Å². The van der Waals surface area contributed by atoms with Crippen molar-refractivity contribution in [2.24, 2.45) is 5.41 Å². The highest BCUT2D eigenvalue weighted by Crippen LogP contribution is 2.19. The Balaban J connectivity index is 2.39. The lowest BCUT2D eigenvalue weighted by Crippen LogP contribution is -2.46. The van der Waals surface area contributed by atoms with Gasteiger partial charge in [-0.15, -0.1) is 0 Å². The number of Topliss-reactive ketones (excluding diaryl/α,β-unsaturated/α-hetero) is 1. The lowest BCUT2D eigenvalue weighted by atomic mass is 9.87. The van der Waals surface area contributed by atoms with Gasteiger partial charge in [-0.05, 0) is 12.1 Å². The number of anilines is 1. The third-order valence-corrected chi connectivity index (χ3v) is 3.33. The number of rotatable bonds is 8. The molecule has 23 heavy (non-hydrogen) atoms. The van der Waals surface area contributed by atoms with E-state index < -0.39 is 29.1 Å². The number of para-hydroxylation sites is 1. The Bertz CT molecular complexity index is 557. The maximum atomic E-state index is 11.7. The molecule has 0 fully saturated rings. The Kier molecular flexibility index (Phi) is 6.87. The van der Waals surface area contributed by atoms with Gasteiger partial charge in [0.05, 0.1) is 6.61 Å². The molecule has 0 saturated heterocycles. The van der Waals surface area contributed by atoms with Crippen molar-refractivity contribution in [2.45, 2.75) is 26.4 Å². The van der Waals surface area contributed by atoms with Crippen LogP contribution >= 0.6 is 0 Å². The van der Waals surface area contributed by atoms with Gasteiger partial charge in [0.25, 0.3) is 5.91 Å². The fourth-order valence-corrected chi connectivity index (χ4v) is 1.67. The van der Waals surface area contributed by atoms with Crippen LogP contribution in [0.25, 0.3) is 0 Å². The maximum Gasteiger partial charge on any atom is 0.291 e. The summed E-state index contributed by atoms with van der Waals surface area (Å²) in [6.07, 6.45) is -1.59. The molecule has 1 unspecified atom stereocenters. The van der Waals surface area contributed by atoms with Gasteiger partial charge in [0.1, 0.15) is 6.10 Å². The van der Waals surface area contributed by atoms with Crippen LogP contribution in [0.4, 0.5) is 5.69 Å². The maximum absolute atomic E-state index is 11.7. The standard InChI is InChI=1S/C16H22N2O5/c1-16(2,10-19)13(21)15(23)17-9-8-12(20)14(22)18-11-6-4-3-5-7-11/h3-7,13,19,21H,8-10H2,1-2H3,(H,17,23)(H,18,22). The van der Waals surface area contributed by atoms with Crippen LogP contribution in [0.2, 0.25) is 0 Å². The van der Waals surface area contributed by atoms with Crippen LogP contribution in [0.15, 0.2) is 30.3 Å². The number of ketones is 1. The van der Waals surface area contributed by atoms with E-state index in [-0.39, 0.29) is 19.6 Å². The summed E-state index contributed by atoms with van der Waals surface area (Å²) in [4.78, 5) is 35.1. The summed E-state index contributed by atoms with van der Waals surface area (Å²) in [6.45, 7) is 2.64. The number of aliphatic hydroxyl groups is 2. The van der Waals surface area contributed by atoms with Crippen LogP contribution in [0.5, 0.6) is 0 Å². The fourth-order valence-electron chi connectivity index (χ4n) is 1.67. The highest BCUT2D eigenvalue weighted by molar-refractivity contribution is 6.40. The average molecular weight is 322 g/mol. The second kappa shape index (κ2) is 8.40. The summed E-state index contributed by atoms with van der Waals surface area (Å²) in [6, 6.07) is 8.54. The predicted octanol–water partition coefficient (Wildman–Crippen LogP) is 0.0799. The first kappa shape index (κ1) is 18.8. The zero-order valence-corrected chi connectivity index (χ0v) is 13.2. The van der Waals surface area contributed by atoms with Gasteiger partial charge in [0.15, 0.2) is 0 Å². The van der Waals surface area contributed by atoms with E-state index in [1.165, 1.54) is 13.8 Å². The van der Waals surface area contributed by atoms with Crippen molar-refractivity contribution in [1.29, 1.82) is 0 Å². The largest absolute Gasteiger partial charge is 0.396 e. The number of benzene rings is 1. The summed E-state index contributed by atoms with van der Waals surface area (Å²) >= 11 is 0. The Morgan fingerprint density at radius 3 is 2.35 bits per heavy atom. The number of carbonyl (C=O) groups is 3. The number of carbonyl (C=O) groups excluding carboxylic acids is 3. The molecular weight excluding hydrogens is 300 g/mol. The molecule has 1 atom stereocenters. The van der Waals surface area contributed by atoms with Crippen LogP contribution in [0, 0.1) is 5.41 Å². The van der Waals surface area contributed by atoms with Crippen molar-refractivity contribution < 1.29 is 24.6 Å². The van der Waals surface area contributed by atoms with Crippen molar-refractivity contribution >= 4 is 23.3 Å². The van der Waals surface area contributed by atoms with E-state index >= 15 is 0 Å². The van der Waals surface area contributed by atoms with Gasteiger partial charge in [0, 0.05) is 24.1 Å². The van der Waals surface area contributed by atoms with Crippen molar-refractivity contribution in [3.05, 3.63) is 30.3 Å². The van der Waals surface area contributed by atoms with E-state index in [1.807, 2.05) is 0 Å². The van der Waals surface area contributed by atoms with E-state index in [0.717, 1.165) is 0 Å². The molecule has 0 spiro atoms. The van der Waals surface area contributed by atoms with Crippen LogP contribution in [-0.2, 0) is 14.4 Å². The minimum atomic E-state index is -1.40. The van der Waals surface area contributed by atoms with Crippen LogP contribution in [0.3, 0.4) is 0 Å². The molecule has 0 bridgehead atoms. The number of aliphatic hydroxyl groups excluding tert-OH is 2. The quantitative estimate of drug-likeness (QED) is 0.506. The lowest BCUT2D eigenvalue weighted by Gasteiger charge is -2.27. The van der Waals surface area contributed by atoms with Gasteiger partial charge in [-0.3, -0.25) is 14.4 Å². The van der Waals surface area contributed by atoms with Crippen molar-refractivity contribution in [2.75, 3.05) is 18.5 Å². The fraction of sp³-hybridized carbons (Fsp3) is 0.438. The lowest BCUT2D eigenvalue weighted by molar-refractivity contribution is -0.138. The number of hydrogen-bond acceptors (Lipinski definition) is 5. The Morgan fingerprint density at radius 1 is 1.17 bits per heavy atom. The predicted molar refractivity (Wildman–Crippen MR) is 84.6 cm³/mol. The monoisotopic (exact) mass is 322 g/mol. The smallest absolute Gasteiger partial charge is 0.291 e. The normalized spacial score (nSPS) is 12.3. The second-order valence-electron chi connectivity index (χ2n) is 5.83. The first-order valence-corrected chi connectivity index (χ1v) is 7.24. The molecule has 0 aliphatic rings. The minimum absolute atomic E-state index is 0.0710. The molecular formula is C16H22N2O5. The summed E-state index contributed by atoms with van der Waals surface area (Å²) in [5.74, 6) is -2.13. The van der Waals surface area contributed by atoms with E-state index in [2.05, 4.69) is 10.6 Å². The van der Waals surface area contributed by atoms with Crippen molar-refractivity contribution in [3.63, 3.8) is 0 Å². The first-order valence-electron chi connectivity index (χ1n) is 7.24. The van der Waals surface area contributed by atoms with E-state index in [1.54, 1.807) is 30.3 Å². The highest BCUT2D eigenvalue weighted by Gasteiger charge is 2.32. The molecule has 1 aromatic rings. The van der Waals surface area contributed by atoms with Gasteiger partial charge in [-0.25, -0.2) is 0 Å². The number of nitrogens with one attached hydrogen (secondary N) is 2. The molecule has 0 heterocycles. The molecule has 7 nitrogen and oxygen atoms in total. The van der Waals surface area contributed by atoms with Crippen LogP contribution < -0.4 is 10.6 Å². The van der Waals surface area contributed by atoms with Crippen LogP contribution in [-0.4, -0.2) is 47.1 Å². The highest BCUT2D eigenvalue weighted by atomic mass is 16.3. The minimum Gasteiger partial charge on any atom is -0.396 e. The van der Waals surface area contributed by atoms with Gasteiger partial charge in [-0.2, -0.15) is 0 Å². The third-order valence-electron chi connectivity index (χ3n) is 3.33. The molecule has 0 aliphatic carbocycles. The van der Waals surface area contributed by atoms with Crippen molar-refractivity contribution in [1.82, 2.24) is 5.32 Å². The zero-order chi connectivity index (χ0) is 17.5. The van der Waals surface area contributed by atoms with Gasteiger partial charge in [0.2, 0.25) is 11.7 Å². The third kappa shape index (κ3) is 5.80. The molecule has 0 radical (unpaired) electrons. The second-order valence-corrected chi connectivity index (χ2v) is 5.83. The molecule has 1 rings (SSSR count). The van der Waals surface area contributed by atoms with E-state index in [9.17, 15) is 19.5 Å². The number of hydrogen-bond donors (Lipinski definition) is 4. The van der Waals surface area contributed by atoms with Gasteiger partial charge in [-0.1, -0.05) is 32.0 Å². The van der Waals surface area contributed by atoms with Crippen molar-refractivity contribution in [3.8, 4) is 0 Å². The van der Waals surface area contributed by atoms with Gasteiger partial charge >= 0.3 is 0 Å². The Hall–Kier alpha value is -2.25. The Labute approximate surface area is 134 Å². The SMILES string of the molecule is CC(C)(CO)C(O)C(=O)NCCC(=O)C(=O)Nc1ccccc1. The number of amides is 2. The summed E-state index contributed by atoms with van der Waals surface area (Å²) in [5, 5.41) is 23.7. The van der Waals surface area contributed by atoms with E-state index in [0.29, 0.717) is 5.69 Å². The molecule has 0 aliphatic heterocycles. The molecule has 126 valence electrons. The zero-order valence-electron chi connectivity index (χ0n) is 13.2.